The van der Waals surface area contributed by atoms with Gasteiger partial charge in [-0.05, 0) is 12.1 Å². The third-order valence-corrected chi connectivity index (χ3v) is 3.35. The molecule has 0 bridgehead atoms. The Labute approximate surface area is 136 Å². The van der Waals surface area contributed by atoms with Crippen molar-refractivity contribution in [1.29, 1.82) is 10.5 Å². The van der Waals surface area contributed by atoms with E-state index >= 15 is 0 Å². The number of nitrogens with zero attached hydrogens (tertiary/aromatic N) is 4. The normalized spacial score (nSPS) is 9.92. The van der Waals surface area contributed by atoms with Gasteiger partial charge in [0.2, 0.25) is 5.75 Å². The van der Waals surface area contributed by atoms with Crippen LogP contribution in [0.3, 0.4) is 0 Å². The maximum Gasteiger partial charge on any atom is 0.312 e. The molecule has 0 aliphatic heterocycles. The molecule has 0 fully saturated rings. The molecule has 0 unspecified atom stereocenters. The maximum atomic E-state index is 11.3. The zero-order valence-electron chi connectivity index (χ0n) is 12.1. The molecule has 0 saturated carbocycles. The molecule has 0 amide bonds. The summed E-state index contributed by atoms with van der Waals surface area (Å²) in [6.07, 6.45) is 1.59. The fourth-order valence-electron chi connectivity index (χ4n) is 2.25. The van der Waals surface area contributed by atoms with E-state index in [1.807, 2.05) is 18.2 Å². The van der Waals surface area contributed by atoms with Crippen molar-refractivity contribution in [2.24, 2.45) is 0 Å². The van der Waals surface area contributed by atoms with Crippen LogP contribution in [-0.2, 0) is 0 Å². The molecule has 1 aromatic heterocycles. The summed E-state index contributed by atoms with van der Waals surface area (Å²) in [5.41, 5.74) is 0.0783. The number of rotatable bonds is 3. The first-order valence-electron chi connectivity index (χ1n) is 6.78. The molecule has 24 heavy (non-hydrogen) atoms. The van der Waals surface area contributed by atoms with Gasteiger partial charge < -0.3 is 4.74 Å². The Morgan fingerprint density at radius 1 is 1.04 bits per heavy atom. The van der Waals surface area contributed by atoms with Crippen LogP contribution in [0.1, 0.15) is 11.1 Å². The van der Waals surface area contributed by atoms with Crippen LogP contribution in [0, 0.1) is 32.8 Å². The predicted molar refractivity (Wildman–Crippen MR) is 84.3 cm³/mol. The number of nitriles is 2. The van der Waals surface area contributed by atoms with Crippen LogP contribution >= 0.6 is 0 Å². The molecule has 7 nitrogen and oxygen atoms in total. The Kier molecular flexibility index (Phi) is 3.76. The van der Waals surface area contributed by atoms with Crippen molar-refractivity contribution in [3.63, 3.8) is 0 Å². The predicted octanol–water partition coefficient (Wildman–Crippen LogP) is 3.68. The second kappa shape index (κ2) is 6.03. The van der Waals surface area contributed by atoms with Gasteiger partial charge in [-0.2, -0.15) is 10.5 Å². The molecule has 0 atom stereocenters. The summed E-state index contributed by atoms with van der Waals surface area (Å²) in [5, 5.41) is 30.2. The van der Waals surface area contributed by atoms with Crippen LogP contribution in [0.5, 0.6) is 11.5 Å². The van der Waals surface area contributed by atoms with Gasteiger partial charge in [-0.3, -0.25) is 15.1 Å². The minimum Gasteiger partial charge on any atom is -0.448 e. The summed E-state index contributed by atoms with van der Waals surface area (Å²) < 4.78 is 5.66. The van der Waals surface area contributed by atoms with E-state index < -0.39 is 10.6 Å². The summed E-state index contributed by atoms with van der Waals surface area (Å²) in [6, 6.07) is 14.6. The van der Waals surface area contributed by atoms with Crippen molar-refractivity contribution >= 4 is 16.6 Å². The monoisotopic (exact) mass is 316 g/mol. The molecule has 0 radical (unpaired) electrons. The number of nitro benzene ring substituents is 1. The number of para-hydroxylation sites is 1. The number of fused-ring (bicyclic) bond motifs is 1. The number of benzene rings is 2. The molecular weight excluding hydrogens is 308 g/mol. The lowest BCUT2D eigenvalue weighted by Crippen LogP contribution is -1.97. The van der Waals surface area contributed by atoms with Crippen molar-refractivity contribution in [3.8, 4) is 23.6 Å². The number of aromatic nitrogens is 1. The molecule has 114 valence electrons. The third kappa shape index (κ3) is 2.58. The van der Waals surface area contributed by atoms with E-state index in [1.54, 1.807) is 30.5 Å². The molecule has 0 aliphatic rings. The first-order valence-corrected chi connectivity index (χ1v) is 6.78. The smallest absolute Gasteiger partial charge is 0.312 e. The lowest BCUT2D eigenvalue weighted by Gasteiger charge is -2.09. The van der Waals surface area contributed by atoms with Gasteiger partial charge in [0.05, 0.1) is 16.1 Å². The van der Waals surface area contributed by atoms with E-state index in [2.05, 4.69) is 4.98 Å². The van der Waals surface area contributed by atoms with Gasteiger partial charge in [-0.25, -0.2) is 0 Å². The minimum absolute atomic E-state index is 0.00583. The van der Waals surface area contributed by atoms with Crippen LogP contribution in [0.15, 0.2) is 48.7 Å². The summed E-state index contributed by atoms with van der Waals surface area (Å²) in [5.74, 6) is 0.207. The lowest BCUT2D eigenvalue weighted by atomic mass is 10.1. The molecule has 2 aromatic carbocycles. The molecule has 0 saturated heterocycles. The first-order chi connectivity index (χ1) is 11.6. The fourth-order valence-corrected chi connectivity index (χ4v) is 2.25. The molecule has 3 aromatic rings. The molecule has 1 heterocycles. The average Bonchev–Trinajstić information content (AvgIpc) is 2.61. The van der Waals surface area contributed by atoms with Crippen molar-refractivity contribution in [2.75, 3.05) is 0 Å². The Morgan fingerprint density at radius 2 is 1.75 bits per heavy atom. The van der Waals surface area contributed by atoms with E-state index in [0.29, 0.717) is 11.3 Å². The van der Waals surface area contributed by atoms with Gasteiger partial charge in [0.25, 0.3) is 0 Å². The second-order valence-corrected chi connectivity index (χ2v) is 4.78. The largest absolute Gasteiger partial charge is 0.448 e. The van der Waals surface area contributed by atoms with Crippen molar-refractivity contribution in [1.82, 2.24) is 4.98 Å². The maximum absolute atomic E-state index is 11.3. The number of hydrogen-bond donors (Lipinski definition) is 0. The molecule has 0 N–H and O–H groups in total. The van der Waals surface area contributed by atoms with Crippen LogP contribution in [-0.4, -0.2) is 9.91 Å². The first kappa shape index (κ1) is 14.9. The zero-order valence-corrected chi connectivity index (χ0v) is 12.1. The number of nitro groups is 1. The minimum atomic E-state index is -0.657. The van der Waals surface area contributed by atoms with Crippen molar-refractivity contribution in [3.05, 3.63) is 69.9 Å². The SMILES string of the molecule is N#Cc1cc(Oc2cccc3cccnc23)c([N+](=O)[O-])cc1C#N. The number of ether oxygens (including phenoxy) is 1. The van der Waals surface area contributed by atoms with E-state index in [4.69, 9.17) is 15.3 Å². The Morgan fingerprint density at radius 3 is 2.46 bits per heavy atom. The highest BCUT2D eigenvalue weighted by atomic mass is 16.6. The van der Waals surface area contributed by atoms with E-state index in [0.717, 1.165) is 11.5 Å². The Bertz CT molecular complexity index is 1040. The van der Waals surface area contributed by atoms with Crippen molar-refractivity contribution < 1.29 is 9.66 Å². The van der Waals surface area contributed by atoms with Crippen LogP contribution in [0.4, 0.5) is 5.69 Å². The number of pyridine rings is 1. The Hall–Kier alpha value is -3.97. The lowest BCUT2D eigenvalue weighted by molar-refractivity contribution is -0.385. The highest BCUT2D eigenvalue weighted by molar-refractivity contribution is 5.84. The molecular formula is C17H8N4O3. The topological polar surface area (TPSA) is 113 Å². The molecule has 7 heteroatoms. The van der Waals surface area contributed by atoms with Gasteiger partial charge >= 0.3 is 5.69 Å². The van der Waals surface area contributed by atoms with E-state index in [9.17, 15) is 10.1 Å². The standard InChI is InChI=1S/C17H8N4O3/c18-9-12-7-14(21(22)23)16(8-13(12)10-19)24-15-5-1-3-11-4-2-6-20-17(11)15/h1-8H. The fraction of sp³-hybridized carbons (Fsp3) is 0. The van der Waals surface area contributed by atoms with Gasteiger partial charge in [0, 0.05) is 23.7 Å². The van der Waals surface area contributed by atoms with Gasteiger partial charge in [0.15, 0.2) is 5.75 Å². The third-order valence-electron chi connectivity index (χ3n) is 3.35. The summed E-state index contributed by atoms with van der Waals surface area (Å²) in [7, 11) is 0. The van der Waals surface area contributed by atoms with Gasteiger partial charge in [0.1, 0.15) is 17.7 Å². The zero-order chi connectivity index (χ0) is 17.1. The van der Waals surface area contributed by atoms with Crippen LogP contribution in [0.25, 0.3) is 10.9 Å². The highest BCUT2D eigenvalue weighted by Crippen LogP contribution is 2.36. The molecule has 0 aliphatic carbocycles. The summed E-state index contributed by atoms with van der Waals surface area (Å²) in [6.45, 7) is 0. The number of hydrogen-bond acceptors (Lipinski definition) is 6. The van der Waals surface area contributed by atoms with Gasteiger partial charge in [-0.15, -0.1) is 0 Å². The van der Waals surface area contributed by atoms with Crippen molar-refractivity contribution in [2.45, 2.75) is 0 Å². The van der Waals surface area contributed by atoms with Crippen LogP contribution < -0.4 is 4.74 Å². The van der Waals surface area contributed by atoms with Crippen LogP contribution in [0.2, 0.25) is 0 Å². The van der Waals surface area contributed by atoms with Gasteiger partial charge in [-0.1, -0.05) is 18.2 Å². The highest BCUT2D eigenvalue weighted by Gasteiger charge is 2.21. The van der Waals surface area contributed by atoms with E-state index in [1.165, 1.54) is 6.07 Å². The summed E-state index contributed by atoms with van der Waals surface area (Å²) in [4.78, 5) is 14.8. The molecule has 0 spiro atoms. The second-order valence-electron chi connectivity index (χ2n) is 4.78. The summed E-state index contributed by atoms with van der Waals surface area (Å²) >= 11 is 0. The molecule has 3 rings (SSSR count). The quantitative estimate of drug-likeness (QED) is 0.538. The average molecular weight is 316 g/mol. The Balaban J connectivity index is 2.17. The van der Waals surface area contributed by atoms with E-state index in [-0.39, 0.29) is 16.9 Å².